The monoisotopic (exact) mass is 283 g/mol. The second-order valence-electron chi connectivity index (χ2n) is 6.67. The molecule has 1 rings (SSSR count). The second-order valence-corrected chi connectivity index (χ2v) is 6.67. The molecule has 0 radical (unpaired) electrons. The first kappa shape index (κ1) is 18.0. The molecule has 0 aliphatic heterocycles. The van der Waals surface area contributed by atoms with E-state index in [1.165, 1.54) is 57.8 Å². The van der Waals surface area contributed by atoms with Crippen molar-refractivity contribution < 1.29 is 4.74 Å². The predicted molar refractivity (Wildman–Crippen MR) is 88.2 cm³/mol. The molecule has 1 saturated carbocycles. The van der Waals surface area contributed by atoms with E-state index >= 15 is 0 Å². The number of rotatable bonds is 9. The van der Waals surface area contributed by atoms with Crippen LogP contribution in [0.15, 0.2) is 0 Å². The van der Waals surface area contributed by atoms with Crippen molar-refractivity contribution in [1.29, 1.82) is 0 Å². The first-order valence-electron chi connectivity index (χ1n) is 9.05. The van der Waals surface area contributed by atoms with Gasteiger partial charge in [0.25, 0.3) is 0 Å². The summed E-state index contributed by atoms with van der Waals surface area (Å²) in [5.41, 5.74) is 0.101. The molecule has 0 bridgehead atoms. The van der Waals surface area contributed by atoms with Crippen LogP contribution >= 0.6 is 0 Å². The van der Waals surface area contributed by atoms with Crippen LogP contribution in [0.2, 0.25) is 0 Å². The van der Waals surface area contributed by atoms with Gasteiger partial charge < -0.3 is 10.1 Å². The Kier molecular flexibility index (Phi) is 8.79. The maximum absolute atomic E-state index is 6.39. The van der Waals surface area contributed by atoms with Crippen molar-refractivity contribution in [1.82, 2.24) is 5.32 Å². The first-order valence-corrected chi connectivity index (χ1v) is 9.05. The average Bonchev–Trinajstić information content (AvgIpc) is 2.70. The van der Waals surface area contributed by atoms with E-state index in [0.717, 1.165) is 19.1 Å². The van der Waals surface area contributed by atoms with Gasteiger partial charge in [-0.15, -0.1) is 0 Å². The summed E-state index contributed by atoms with van der Waals surface area (Å²) in [6, 6.07) is 0.537. The SMILES string of the molecule is CCCNC(CC(C)CC)C1(OCC)CCCCCC1. The Morgan fingerprint density at radius 3 is 2.20 bits per heavy atom. The zero-order valence-electron chi connectivity index (χ0n) is 14.3. The highest BCUT2D eigenvalue weighted by atomic mass is 16.5. The molecule has 1 aliphatic carbocycles. The lowest BCUT2D eigenvalue weighted by Crippen LogP contribution is -2.53. The van der Waals surface area contributed by atoms with Crippen molar-refractivity contribution in [3.8, 4) is 0 Å². The van der Waals surface area contributed by atoms with Gasteiger partial charge in [-0.1, -0.05) is 52.9 Å². The van der Waals surface area contributed by atoms with Crippen LogP contribution < -0.4 is 5.32 Å². The third-order valence-electron chi connectivity index (χ3n) is 4.99. The summed E-state index contributed by atoms with van der Waals surface area (Å²) in [6.45, 7) is 11.1. The van der Waals surface area contributed by atoms with Crippen LogP contribution in [0.4, 0.5) is 0 Å². The summed E-state index contributed by atoms with van der Waals surface area (Å²) < 4.78 is 6.39. The van der Waals surface area contributed by atoms with Crippen molar-refractivity contribution in [2.24, 2.45) is 5.92 Å². The largest absolute Gasteiger partial charge is 0.374 e. The molecule has 2 heteroatoms. The number of ether oxygens (including phenoxy) is 1. The molecule has 0 amide bonds. The molecule has 0 spiro atoms. The molecule has 2 nitrogen and oxygen atoms in total. The summed E-state index contributed by atoms with van der Waals surface area (Å²) in [6.07, 6.45) is 11.7. The molecule has 0 aromatic carbocycles. The molecule has 0 heterocycles. The minimum atomic E-state index is 0.101. The molecule has 0 saturated heterocycles. The van der Waals surface area contributed by atoms with Gasteiger partial charge in [0.05, 0.1) is 5.60 Å². The van der Waals surface area contributed by atoms with Gasteiger partial charge >= 0.3 is 0 Å². The minimum absolute atomic E-state index is 0.101. The summed E-state index contributed by atoms with van der Waals surface area (Å²) in [7, 11) is 0. The van der Waals surface area contributed by atoms with Gasteiger partial charge in [-0.3, -0.25) is 0 Å². The van der Waals surface area contributed by atoms with Gasteiger partial charge in [0.2, 0.25) is 0 Å². The van der Waals surface area contributed by atoms with E-state index in [2.05, 4.69) is 33.0 Å². The summed E-state index contributed by atoms with van der Waals surface area (Å²) in [4.78, 5) is 0. The van der Waals surface area contributed by atoms with Crippen molar-refractivity contribution >= 4 is 0 Å². The number of hydrogen-bond donors (Lipinski definition) is 1. The molecular weight excluding hydrogens is 246 g/mol. The smallest absolute Gasteiger partial charge is 0.0834 e. The maximum Gasteiger partial charge on any atom is 0.0834 e. The Bertz CT molecular complexity index is 234. The van der Waals surface area contributed by atoms with Crippen molar-refractivity contribution in [3.05, 3.63) is 0 Å². The lowest BCUT2D eigenvalue weighted by Gasteiger charge is -2.42. The van der Waals surface area contributed by atoms with Crippen LogP contribution in [0.1, 0.15) is 85.5 Å². The fourth-order valence-corrected chi connectivity index (χ4v) is 3.58. The van der Waals surface area contributed by atoms with Gasteiger partial charge in [0, 0.05) is 12.6 Å². The van der Waals surface area contributed by atoms with E-state index in [0.29, 0.717) is 6.04 Å². The highest BCUT2D eigenvalue weighted by molar-refractivity contribution is 4.95. The number of hydrogen-bond acceptors (Lipinski definition) is 2. The molecule has 1 aliphatic rings. The summed E-state index contributed by atoms with van der Waals surface area (Å²) in [5, 5.41) is 3.83. The molecule has 0 aromatic heterocycles. The Balaban J connectivity index is 2.82. The van der Waals surface area contributed by atoms with Crippen molar-refractivity contribution in [2.45, 2.75) is 97.1 Å². The van der Waals surface area contributed by atoms with E-state index in [-0.39, 0.29) is 5.60 Å². The van der Waals surface area contributed by atoms with E-state index in [1.54, 1.807) is 0 Å². The molecule has 2 unspecified atom stereocenters. The van der Waals surface area contributed by atoms with Gasteiger partial charge in [0.15, 0.2) is 0 Å². The molecule has 2 atom stereocenters. The van der Waals surface area contributed by atoms with E-state index in [1.807, 2.05) is 0 Å². The topological polar surface area (TPSA) is 21.3 Å². The fourth-order valence-electron chi connectivity index (χ4n) is 3.58. The Morgan fingerprint density at radius 2 is 1.70 bits per heavy atom. The quantitative estimate of drug-likeness (QED) is 0.606. The molecule has 1 fully saturated rings. The first-order chi connectivity index (χ1) is 9.68. The van der Waals surface area contributed by atoms with E-state index in [4.69, 9.17) is 4.74 Å². The van der Waals surface area contributed by atoms with Crippen LogP contribution in [0.5, 0.6) is 0 Å². The minimum Gasteiger partial charge on any atom is -0.374 e. The molecule has 120 valence electrons. The lowest BCUT2D eigenvalue weighted by atomic mass is 9.81. The highest BCUT2D eigenvalue weighted by Gasteiger charge is 2.39. The zero-order chi connectivity index (χ0) is 14.8. The van der Waals surface area contributed by atoms with Crippen LogP contribution in [0.25, 0.3) is 0 Å². The summed E-state index contributed by atoms with van der Waals surface area (Å²) in [5.74, 6) is 0.782. The van der Waals surface area contributed by atoms with Crippen LogP contribution in [0, 0.1) is 5.92 Å². The zero-order valence-corrected chi connectivity index (χ0v) is 14.3. The maximum atomic E-state index is 6.39. The van der Waals surface area contributed by atoms with Gasteiger partial charge in [-0.25, -0.2) is 0 Å². The number of nitrogens with one attached hydrogen (secondary N) is 1. The standard InChI is InChI=1S/C18H37NO/c1-5-14-19-17(15-16(4)6-2)18(20-7-3)12-10-8-9-11-13-18/h16-17,19H,5-15H2,1-4H3. The van der Waals surface area contributed by atoms with Gasteiger partial charge in [-0.05, 0) is 45.1 Å². The van der Waals surface area contributed by atoms with Crippen molar-refractivity contribution in [3.63, 3.8) is 0 Å². The van der Waals surface area contributed by atoms with Crippen LogP contribution in [-0.4, -0.2) is 24.8 Å². The third-order valence-corrected chi connectivity index (χ3v) is 4.99. The molecule has 1 N–H and O–H groups in total. The van der Waals surface area contributed by atoms with Crippen LogP contribution in [0.3, 0.4) is 0 Å². The lowest BCUT2D eigenvalue weighted by molar-refractivity contribution is -0.0812. The van der Waals surface area contributed by atoms with Gasteiger partial charge in [0.1, 0.15) is 0 Å². The Hall–Kier alpha value is -0.0800. The third kappa shape index (κ3) is 5.37. The van der Waals surface area contributed by atoms with Crippen LogP contribution in [-0.2, 0) is 4.74 Å². The Morgan fingerprint density at radius 1 is 1.05 bits per heavy atom. The van der Waals surface area contributed by atoms with Gasteiger partial charge in [-0.2, -0.15) is 0 Å². The Labute approximate surface area is 127 Å². The van der Waals surface area contributed by atoms with E-state index < -0.39 is 0 Å². The van der Waals surface area contributed by atoms with E-state index in [9.17, 15) is 0 Å². The fraction of sp³-hybridized carbons (Fsp3) is 1.00. The molecular formula is C18H37NO. The summed E-state index contributed by atoms with van der Waals surface area (Å²) >= 11 is 0. The normalized spacial score (nSPS) is 22.2. The van der Waals surface area contributed by atoms with Crippen molar-refractivity contribution in [2.75, 3.05) is 13.2 Å². The molecule has 0 aromatic rings. The molecule has 20 heavy (non-hydrogen) atoms. The predicted octanol–water partition coefficient (Wildman–Crippen LogP) is 4.92. The second kappa shape index (κ2) is 9.78. The average molecular weight is 284 g/mol. The highest BCUT2D eigenvalue weighted by Crippen LogP contribution is 2.36.